The zero-order chi connectivity index (χ0) is 17.6. The van der Waals surface area contributed by atoms with Crippen LogP contribution in [0.4, 0.5) is 0 Å². The van der Waals surface area contributed by atoms with Gasteiger partial charge in [-0.25, -0.2) is 4.98 Å². The first-order chi connectivity index (χ1) is 12.2. The standard InChI is InChI=1S/C20H21N3OS/c1-3-7-17-12-16(10-11-21-17)20-23-14(2)18(25-20)19(24)22-13-15-8-5-4-6-9-15/h4-6,8-12H,3,7,13H2,1-2H3,(H,22,24). The normalized spacial score (nSPS) is 10.6. The van der Waals surface area contributed by atoms with Crippen molar-refractivity contribution in [2.75, 3.05) is 0 Å². The fraction of sp³-hybridized carbons (Fsp3) is 0.250. The summed E-state index contributed by atoms with van der Waals surface area (Å²) in [6.07, 6.45) is 3.81. The number of carbonyl (C=O) groups excluding carboxylic acids is 1. The molecular formula is C20H21N3OS. The van der Waals surface area contributed by atoms with E-state index in [1.807, 2.05) is 49.5 Å². The average Bonchev–Trinajstić information content (AvgIpc) is 3.03. The Labute approximate surface area is 152 Å². The second-order valence-electron chi connectivity index (χ2n) is 5.89. The number of benzene rings is 1. The molecule has 0 atom stereocenters. The molecule has 0 radical (unpaired) electrons. The lowest BCUT2D eigenvalue weighted by atomic mass is 10.2. The second kappa shape index (κ2) is 8.03. The van der Waals surface area contributed by atoms with Gasteiger partial charge in [-0.2, -0.15) is 0 Å². The Morgan fingerprint density at radius 3 is 2.76 bits per heavy atom. The van der Waals surface area contributed by atoms with Gasteiger partial charge in [-0.3, -0.25) is 9.78 Å². The Morgan fingerprint density at radius 1 is 1.20 bits per heavy atom. The number of amides is 1. The van der Waals surface area contributed by atoms with E-state index in [2.05, 4.69) is 28.3 Å². The quantitative estimate of drug-likeness (QED) is 0.716. The van der Waals surface area contributed by atoms with Gasteiger partial charge in [0.2, 0.25) is 0 Å². The molecule has 2 heterocycles. The van der Waals surface area contributed by atoms with Crippen LogP contribution in [0.15, 0.2) is 48.7 Å². The molecule has 0 fully saturated rings. The number of hydrogen-bond acceptors (Lipinski definition) is 4. The second-order valence-corrected chi connectivity index (χ2v) is 6.89. The molecule has 0 bridgehead atoms. The SMILES string of the molecule is CCCc1cc(-c2nc(C)c(C(=O)NCc3ccccc3)s2)ccn1. The van der Waals surface area contributed by atoms with Gasteiger partial charge < -0.3 is 5.32 Å². The molecule has 3 aromatic rings. The van der Waals surface area contributed by atoms with Crippen molar-refractivity contribution in [1.29, 1.82) is 0 Å². The van der Waals surface area contributed by atoms with Gasteiger partial charge >= 0.3 is 0 Å². The highest BCUT2D eigenvalue weighted by atomic mass is 32.1. The van der Waals surface area contributed by atoms with Crippen LogP contribution in [0.25, 0.3) is 10.6 Å². The molecule has 1 N–H and O–H groups in total. The van der Waals surface area contributed by atoms with Crippen molar-refractivity contribution in [2.45, 2.75) is 33.2 Å². The maximum atomic E-state index is 12.5. The summed E-state index contributed by atoms with van der Waals surface area (Å²) in [7, 11) is 0. The summed E-state index contributed by atoms with van der Waals surface area (Å²) in [5, 5.41) is 3.83. The number of hydrogen-bond donors (Lipinski definition) is 1. The molecule has 0 saturated heterocycles. The molecule has 0 saturated carbocycles. The van der Waals surface area contributed by atoms with Crippen LogP contribution >= 0.6 is 11.3 Å². The number of aryl methyl sites for hydroxylation is 2. The van der Waals surface area contributed by atoms with E-state index in [0.717, 1.165) is 40.4 Å². The Kier molecular flexibility index (Phi) is 5.56. The lowest BCUT2D eigenvalue weighted by Crippen LogP contribution is -2.22. The molecule has 1 amide bonds. The maximum absolute atomic E-state index is 12.5. The highest BCUT2D eigenvalue weighted by Gasteiger charge is 2.16. The van der Waals surface area contributed by atoms with E-state index in [1.165, 1.54) is 11.3 Å². The summed E-state index contributed by atoms with van der Waals surface area (Å²) in [5.74, 6) is -0.0760. The summed E-state index contributed by atoms with van der Waals surface area (Å²) in [4.78, 5) is 22.1. The van der Waals surface area contributed by atoms with Crippen LogP contribution in [-0.4, -0.2) is 15.9 Å². The van der Waals surface area contributed by atoms with E-state index in [0.29, 0.717) is 11.4 Å². The number of thiazole rings is 1. The molecule has 4 nitrogen and oxygen atoms in total. The fourth-order valence-electron chi connectivity index (χ4n) is 2.59. The fourth-order valence-corrected chi connectivity index (χ4v) is 3.57. The number of rotatable bonds is 6. The molecule has 0 unspecified atom stereocenters. The third kappa shape index (κ3) is 4.31. The van der Waals surface area contributed by atoms with Crippen LogP contribution in [0.2, 0.25) is 0 Å². The summed E-state index contributed by atoms with van der Waals surface area (Å²) < 4.78 is 0. The monoisotopic (exact) mass is 351 g/mol. The van der Waals surface area contributed by atoms with Crippen molar-refractivity contribution >= 4 is 17.2 Å². The minimum Gasteiger partial charge on any atom is -0.347 e. The number of carbonyl (C=O) groups is 1. The molecule has 25 heavy (non-hydrogen) atoms. The van der Waals surface area contributed by atoms with Crippen molar-refractivity contribution in [3.05, 3.63) is 70.5 Å². The van der Waals surface area contributed by atoms with Gasteiger partial charge in [0.1, 0.15) is 9.88 Å². The van der Waals surface area contributed by atoms with E-state index in [9.17, 15) is 4.79 Å². The molecule has 0 aliphatic heterocycles. The van der Waals surface area contributed by atoms with Crippen LogP contribution in [-0.2, 0) is 13.0 Å². The third-order valence-electron chi connectivity index (χ3n) is 3.87. The summed E-state index contributed by atoms with van der Waals surface area (Å²) in [5.41, 5.74) is 3.92. The molecule has 3 rings (SSSR count). The van der Waals surface area contributed by atoms with Crippen molar-refractivity contribution in [3.63, 3.8) is 0 Å². The van der Waals surface area contributed by atoms with Gasteiger partial charge in [0, 0.05) is 24.0 Å². The van der Waals surface area contributed by atoms with E-state index in [-0.39, 0.29) is 5.91 Å². The van der Waals surface area contributed by atoms with Crippen molar-refractivity contribution in [3.8, 4) is 10.6 Å². The highest BCUT2D eigenvalue weighted by Crippen LogP contribution is 2.28. The first-order valence-corrected chi connectivity index (χ1v) is 9.24. The minimum absolute atomic E-state index is 0.0760. The Balaban J connectivity index is 1.75. The van der Waals surface area contributed by atoms with E-state index >= 15 is 0 Å². The van der Waals surface area contributed by atoms with E-state index in [4.69, 9.17) is 0 Å². The lowest BCUT2D eigenvalue weighted by Gasteiger charge is -2.03. The molecule has 0 aliphatic rings. The van der Waals surface area contributed by atoms with Crippen LogP contribution < -0.4 is 5.32 Å². The Morgan fingerprint density at radius 2 is 2.00 bits per heavy atom. The number of nitrogens with one attached hydrogen (secondary N) is 1. The Hall–Kier alpha value is -2.53. The first kappa shape index (κ1) is 17.3. The smallest absolute Gasteiger partial charge is 0.263 e. The summed E-state index contributed by atoms with van der Waals surface area (Å²) in [6.45, 7) is 4.53. The summed E-state index contributed by atoms with van der Waals surface area (Å²) in [6, 6.07) is 13.9. The number of aromatic nitrogens is 2. The molecule has 2 aromatic heterocycles. The van der Waals surface area contributed by atoms with Crippen molar-refractivity contribution in [1.82, 2.24) is 15.3 Å². The molecule has 1 aromatic carbocycles. The van der Waals surface area contributed by atoms with Gasteiger partial charge in [-0.05, 0) is 31.0 Å². The first-order valence-electron chi connectivity index (χ1n) is 8.42. The van der Waals surface area contributed by atoms with Gasteiger partial charge in [0.25, 0.3) is 5.91 Å². The number of nitrogens with zero attached hydrogens (tertiary/aromatic N) is 2. The minimum atomic E-state index is -0.0760. The molecule has 0 spiro atoms. The lowest BCUT2D eigenvalue weighted by molar-refractivity contribution is 0.0954. The molecule has 5 heteroatoms. The van der Waals surface area contributed by atoms with Crippen molar-refractivity contribution in [2.24, 2.45) is 0 Å². The Bertz CT molecular complexity index is 858. The van der Waals surface area contributed by atoms with Crippen LogP contribution in [0.1, 0.15) is 40.0 Å². The average molecular weight is 351 g/mol. The maximum Gasteiger partial charge on any atom is 0.263 e. The molecular weight excluding hydrogens is 330 g/mol. The van der Waals surface area contributed by atoms with Gasteiger partial charge in [0.15, 0.2) is 0 Å². The number of pyridine rings is 1. The predicted molar refractivity (Wildman–Crippen MR) is 102 cm³/mol. The van der Waals surface area contributed by atoms with Crippen LogP contribution in [0.5, 0.6) is 0 Å². The van der Waals surface area contributed by atoms with Gasteiger partial charge in [-0.1, -0.05) is 43.7 Å². The molecule has 0 aliphatic carbocycles. The van der Waals surface area contributed by atoms with Gasteiger partial charge in [-0.15, -0.1) is 11.3 Å². The van der Waals surface area contributed by atoms with Gasteiger partial charge in [0.05, 0.1) is 5.69 Å². The largest absolute Gasteiger partial charge is 0.347 e. The van der Waals surface area contributed by atoms with Crippen LogP contribution in [0, 0.1) is 6.92 Å². The van der Waals surface area contributed by atoms with Crippen molar-refractivity contribution < 1.29 is 4.79 Å². The predicted octanol–water partition coefficient (Wildman–Crippen LogP) is 4.40. The zero-order valence-electron chi connectivity index (χ0n) is 14.5. The topological polar surface area (TPSA) is 54.9 Å². The summed E-state index contributed by atoms with van der Waals surface area (Å²) >= 11 is 1.43. The van der Waals surface area contributed by atoms with E-state index in [1.54, 1.807) is 0 Å². The van der Waals surface area contributed by atoms with E-state index < -0.39 is 0 Å². The van der Waals surface area contributed by atoms with Crippen LogP contribution in [0.3, 0.4) is 0 Å². The third-order valence-corrected chi connectivity index (χ3v) is 5.07. The highest BCUT2D eigenvalue weighted by molar-refractivity contribution is 7.17. The molecule has 128 valence electrons. The zero-order valence-corrected chi connectivity index (χ0v) is 15.3.